The van der Waals surface area contributed by atoms with Crippen molar-refractivity contribution in [1.82, 2.24) is 0 Å². The van der Waals surface area contributed by atoms with Crippen LogP contribution in [0.1, 0.15) is 10.9 Å². The predicted molar refractivity (Wildman–Crippen MR) is 75.7 cm³/mol. The molecule has 17 heavy (non-hydrogen) atoms. The second kappa shape index (κ2) is 8.70. The van der Waals surface area contributed by atoms with Crippen LogP contribution in [-0.4, -0.2) is 6.16 Å². The molecule has 0 radical (unpaired) electrons. The topological polar surface area (TPSA) is 0 Å². The van der Waals surface area contributed by atoms with E-state index in [1.807, 2.05) is 60.7 Å². The fraction of sp³-hybridized carbons (Fsp3) is 0.143. The summed E-state index contributed by atoms with van der Waals surface area (Å²) < 4.78 is 0.947. The van der Waals surface area contributed by atoms with Crippen molar-refractivity contribution in [1.29, 1.82) is 0 Å². The maximum absolute atomic E-state index is 5.97. The minimum absolute atomic E-state index is 0.145. The normalized spacial score (nSPS) is 11.3. The average molecular weight is 308 g/mol. The Hall–Kier alpha value is -0.346. The summed E-state index contributed by atoms with van der Waals surface area (Å²) in [6.45, 7) is 0. The van der Waals surface area contributed by atoms with E-state index < -0.39 is 0 Å². The first-order valence-electron chi connectivity index (χ1n) is 5.30. The second-order valence-corrected chi connectivity index (χ2v) is 4.94. The molecule has 0 spiro atoms. The Bertz CT molecular complexity index is 405. The molecular weight excluding hydrogens is 293 g/mol. The maximum atomic E-state index is 5.97. The number of alkyl halides is 1. The van der Waals surface area contributed by atoms with Gasteiger partial charge in [0.1, 0.15) is 0 Å². The molecule has 0 amide bonds. The van der Waals surface area contributed by atoms with E-state index in [4.69, 9.17) is 11.6 Å². The van der Waals surface area contributed by atoms with Crippen molar-refractivity contribution in [3.05, 3.63) is 66.2 Å². The Kier molecular flexibility index (Phi) is 7.53. The molecule has 0 N–H and O–H groups in total. The van der Waals surface area contributed by atoms with Gasteiger partial charge in [0.05, 0.1) is 5.38 Å². The van der Waals surface area contributed by atoms with Crippen LogP contribution in [0.5, 0.6) is 0 Å². The molecule has 2 aromatic carbocycles. The standard InChI is InChI=1S/C8H10ClP.C6H5.Ni/c9-8(6-10)7-4-2-1-3-5-7;1-2-4-6-5-3-1;/h1-5,8H,6,10H2;1-5H;. The Morgan fingerprint density at radius 3 is 1.76 bits per heavy atom. The molecule has 93 valence electrons. The van der Waals surface area contributed by atoms with E-state index >= 15 is 0 Å². The summed E-state index contributed by atoms with van der Waals surface area (Å²) in [6.07, 6.45) is 0.908. The van der Waals surface area contributed by atoms with Gasteiger partial charge in [-0.05, 0) is 11.7 Å². The zero-order valence-electron chi connectivity index (χ0n) is 9.33. The minimum atomic E-state index is 0.145. The van der Waals surface area contributed by atoms with Gasteiger partial charge in [0.25, 0.3) is 0 Å². The Morgan fingerprint density at radius 2 is 1.41 bits per heavy atom. The van der Waals surface area contributed by atoms with Gasteiger partial charge in [0, 0.05) is 0 Å². The molecule has 0 fully saturated rings. The van der Waals surface area contributed by atoms with Crippen LogP contribution in [0.2, 0.25) is 0 Å². The summed E-state index contributed by atoms with van der Waals surface area (Å²) in [5.41, 5.74) is 1.19. The molecule has 0 aliphatic heterocycles. The summed E-state index contributed by atoms with van der Waals surface area (Å²) in [5, 5.41) is 0.145. The van der Waals surface area contributed by atoms with Gasteiger partial charge in [0.15, 0.2) is 0 Å². The van der Waals surface area contributed by atoms with E-state index in [1.165, 1.54) is 5.56 Å². The van der Waals surface area contributed by atoms with Gasteiger partial charge in [-0.25, -0.2) is 0 Å². The van der Waals surface area contributed by atoms with E-state index in [9.17, 15) is 0 Å². The molecule has 0 heterocycles. The van der Waals surface area contributed by atoms with Gasteiger partial charge in [-0.3, -0.25) is 0 Å². The van der Waals surface area contributed by atoms with Crippen molar-refractivity contribution in [2.24, 2.45) is 0 Å². The van der Waals surface area contributed by atoms with Gasteiger partial charge in [-0.15, -0.1) is 20.8 Å². The monoisotopic (exact) mass is 307 g/mol. The van der Waals surface area contributed by atoms with Gasteiger partial charge >= 0.3 is 50.3 Å². The summed E-state index contributed by atoms with van der Waals surface area (Å²) in [5.74, 6) is 0. The third-order valence-electron chi connectivity index (χ3n) is 2.08. The number of hydrogen-bond donors (Lipinski definition) is 0. The van der Waals surface area contributed by atoms with E-state index in [0.717, 1.165) is 10.7 Å². The first-order chi connectivity index (χ1) is 8.24. The molecule has 0 saturated heterocycles. The van der Waals surface area contributed by atoms with Crippen molar-refractivity contribution >= 4 is 25.4 Å². The summed E-state index contributed by atoms with van der Waals surface area (Å²) in [7, 11) is 2.64. The van der Waals surface area contributed by atoms with Crippen LogP contribution in [-0.2, 0) is 15.5 Å². The van der Waals surface area contributed by atoms with E-state index in [1.54, 1.807) is 0 Å². The van der Waals surface area contributed by atoms with Gasteiger partial charge in [-0.1, -0.05) is 30.3 Å². The zero-order valence-corrected chi connectivity index (χ0v) is 12.2. The molecule has 0 aromatic heterocycles. The first-order valence-corrected chi connectivity index (χ1v) is 7.05. The third-order valence-corrected chi connectivity index (χ3v) is 3.61. The van der Waals surface area contributed by atoms with Crippen LogP contribution in [0.25, 0.3) is 0 Å². The quantitative estimate of drug-likeness (QED) is 0.451. The summed E-state index contributed by atoms with van der Waals surface area (Å²) in [6, 6.07) is 19.8. The van der Waals surface area contributed by atoms with Crippen molar-refractivity contribution in [3.63, 3.8) is 0 Å². The average Bonchev–Trinajstić information content (AvgIpc) is 2.40. The fourth-order valence-electron chi connectivity index (χ4n) is 1.20. The number of hydrogen-bond acceptors (Lipinski definition) is 0. The van der Waals surface area contributed by atoms with Gasteiger partial charge in [-0.2, -0.15) is 0 Å². The van der Waals surface area contributed by atoms with E-state index in [0.29, 0.717) is 0 Å². The molecule has 0 nitrogen and oxygen atoms in total. The van der Waals surface area contributed by atoms with Crippen LogP contribution in [0.3, 0.4) is 0 Å². The van der Waals surface area contributed by atoms with Gasteiger partial charge in [0.2, 0.25) is 0 Å². The molecule has 3 heteroatoms. The summed E-state index contributed by atoms with van der Waals surface area (Å²) in [4.78, 5) is 0. The number of rotatable bonds is 2. The molecule has 0 saturated carbocycles. The van der Waals surface area contributed by atoms with Crippen molar-refractivity contribution in [2.75, 3.05) is 6.16 Å². The first kappa shape index (κ1) is 14.7. The van der Waals surface area contributed by atoms with Gasteiger partial charge < -0.3 is 0 Å². The molecule has 2 aromatic rings. The predicted octanol–water partition coefficient (Wildman–Crippen LogP) is 3.70. The van der Waals surface area contributed by atoms with E-state index in [2.05, 4.69) is 24.7 Å². The number of halogens is 1. The Labute approximate surface area is 118 Å². The fourth-order valence-corrected chi connectivity index (χ4v) is 1.81. The van der Waals surface area contributed by atoms with E-state index in [-0.39, 0.29) is 5.38 Å². The van der Waals surface area contributed by atoms with Crippen molar-refractivity contribution in [3.8, 4) is 0 Å². The molecule has 2 atom stereocenters. The molecule has 0 aliphatic carbocycles. The zero-order chi connectivity index (χ0) is 12.5. The third kappa shape index (κ3) is 6.22. The summed E-state index contributed by atoms with van der Waals surface area (Å²) >= 11 is 10.5. The Balaban J connectivity index is 0.000000181. The van der Waals surface area contributed by atoms with Crippen LogP contribution in [0.4, 0.5) is 0 Å². The molecule has 0 aliphatic rings. The van der Waals surface area contributed by atoms with Crippen molar-refractivity contribution < 1.29 is 15.5 Å². The van der Waals surface area contributed by atoms with Crippen molar-refractivity contribution in [2.45, 2.75) is 5.38 Å². The van der Waals surface area contributed by atoms with Crippen LogP contribution in [0, 0.1) is 0 Å². The van der Waals surface area contributed by atoms with Crippen LogP contribution >= 0.6 is 20.8 Å². The molecule has 0 bridgehead atoms. The molecular formula is C14H15ClNiP. The Morgan fingerprint density at radius 1 is 0.941 bits per heavy atom. The number of benzene rings is 2. The SMILES string of the molecule is PCC(Cl)c1ccccc1.[Ni][c]1ccccc1. The molecule has 2 unspecified atom stereocenters. The van der Waals surface area contributed by atoms with Crippen LogP contribution < -0.4 is 4.53 Å². The molecule has 2 rings (SSSR count). The van der Waals surface area contributed by atoms with Crippen LogP contribution in [0.15, 0.2) is 60.7 Å². The second-order valence-electron chi connectivity index (χ2n) is 3.37.